The molecule has 1 aliphatic carbocycles. The van der Waals surface area contributed by atoms with Crippen molar-refractivity contribution in [2.45, 2.75) is 38.5 Å². The van der Waals surface area contributed by atoms with Gasteiger partial charge in [0.2, 0.25) is 0 Å². The fourth-order valence-corrected chi connectivity index (χ4v) is 3.67. The van der Waals surface area contributed by atoms with E-state index in [1.54, 1.807) is 0 Å². The summed E-state index contributed by atoms with van der Waals surface area (Å²) in [6, 6.07) is 22.0. The molecule has 2 aromatic carbocycles. The Morgan fingerprint density at radius 3 is 1.55 bits per heavy atom. The number of rotatable bonds is 4. The lowest BCUT2D eigenvalue weighted by molar-refractivity contribution is 0.264. The molecule has 0 heteroatoms. The average molecular weight is 264 g/mol. The summed E-state index contributed by atoms with van der Waals surface area (Å²) in [4.78, 5) is 0. The molecule has 3 rings (SSSR count). The van der Waals surface area contributed by atoms with Crippen molar-refractivity contribution in [1.29, 1.82) is 0 Å². The van der Waals surface area contributed by atoms with Gasteiger partial charge in [0.15, 0.2) is 0 Å². The predicted octanol–water partition coefficient (Wildman–Crippen LogP) is 5.28. The minimum absolute atomic E-state index is 0.889. The summed E-state index contributed by atoms with van der Waals surface area (Å²) in [7, 11) is 0. The first-order chi connectivity index (χ1) is 9.90. The molecule has 0 spiro atoms. The Hall–Kier alpha value is -1.56. The Labute approximate surface area is 122 Å². The van der Waals surface area contributed by atoms with Gasteiger partial charge in [-0.05, 0) is 42.2 Å². The molecule has 0 N–H and O–H groups in total. The summed E-state index contributed by atoms with van der Waals surface area (Å²) in [5.41, 5.74) is 3.02. The van der Waals surface area contributed by atoms with Crippen LogP contribution in [0, 0.1) is 11.8 Å². The van der Waals surface area contributed by atoms with Crippen LogP contribution in [0.4, 0.5) is 0 Å². The molecule has 0 amide bonds. The van der Waals surface area contributed by atoms with Crippen molar-refractivity contribution in [2.75, 3.05) is 0 Å². The highest BCUT2D eigenvalue weighted by atomic mass is 14.3. The molecule has 0 aromatic heterocycles. The predicted molar refractivity (Wildman–Crippen MR) is 85.7 cm³/mol. The smallest absolute Gasteiger partial charge is 0.0250 e. The molecule has 1 saturated carbocycles. The third-order valence-corrected chi connectivity index (χ3v) is 4.63. The zero-order valence-electron chi connectivity index (χ0n) is 12.2. The van der Waals surface area contributed by atoms with E-state index >= 15 is 0 Å². The molecule has 0 saturated heterocycles. The van der Waals surface area contributed by atoms with Crippen LogP contribution >= 0.6 is 0 Å². The van der Waals surface area contributed by atoms with Gasteiger partial charge >= 0.3 is 0 Å². The molecular formula is C20H24. The van der Waals surface area contributed by atoms with E-state index in [1.165, 1.54) is 49.7 Å². The maximum atomic E-state index is 2.28. The molecule has 0 unspecified atom stereocenters. The summed E-state index contributed by atoms with van der Waals surface area (Å²) in [6.07, 6.45) is 8.19. The second-order valence-electron chi connectivity index (χ2n) is 6.28. The lowest BCUT2D eigenvalue weighted by Crippen LogP contribution is -2.19. The normalized spacial score (nSPS) is 22.6. The van der Waals surface area contributed by atoms with E-state index in [0.29, 0.717) is 0 Å². The van der Waals surface area contributed by atoms with Gasteiger partial charge in [0, 0.05) is 0 Å². The molecule has 0 aliphatic heterocycles. The highest BCUT2D eigenvalue weighted by Crippen LogP contribution is 2.33. The van der Waals surface area contributed by atoms with Crippen molar-refractivity contribution in [1.82, 2.24) is 0 Å². The van der Waals surface area contributed by atoms with Gasteiger partial charge < -0.3 is 0 Å². The second kappa shape index (κ2) is 6.74. The Morgan fingerprint density at radius 2 is 1.10 bits per heavy atom. The zero-order valence-corrected chi connectivity index (χ0v) is 12.2. The Bertz CT molecular complexity index is 453. The van der Waals surface area contributed by atoms with E-state index in [9.17, 15) is 0 Å². The summed E-state index contributed by atoms with van der Waals surface area (Å²) in [5.74, 6) is 1.78. The standard InChI is InChI=1S/C20H24/c1-3-8-17(9-4-1)14-19-12-7-13-20(16-19)15-18-10-5-2-6-11-18/h1-6,8-11,19-20H,7,12-16H2/t19-,20-/m0/s1. The number of hydrogen-bond acceptors (Lipinski definition) is 0. The van der Waals surface area contributed by atoms with Crippen molar-refractivity contribution < 1.29 is 0 Å². The van der Waals surface area contributed by atoms with Crippen molar-refractivity contribution in [2.24, 2.45) is 11.8 Å². The van der Waals surface area contributed by atoms with Crippen molar-refractivity contribution in [3.05, 3.63) is 71.8 Å². The van der Waals surface area contributed by atoms with E-state index in [2.05, 4.69) is 60.7 Å². The summed E-state index contributed by atoms with van der Waals surface area (Å²) in [6.45, 7) is 0. The zero-order chi connectivity index (χ0) is 13.6. The number of benzene rings is 2. The third-order valence-electron chi connectivity index (χ3n) is 4.63. The molecule has 0 bridgehead atoms. The van der Waals surface area contributed by atoms with Gasteiger partial charge in [0.05, 0.1) is 0 Å². The first kappa shape index (κ1) is 13.4. The van der Waals surface area contributed by atoms with Gasteiger partial charge in [-0.1, -0.05) is 79.9 Å². The van der Waals surface area contributed by atoms with Gasteiger partial charge in [-0.3, -0.25) is 0 Å². The van der Waals surface area contributed by atoms with E-state index in [1.807, 2.05) is 0 Å². The molecular weight excluding hydrogens is 240 g/mol. The largest absolute Gasteiger partial charge is 0.0622 e. The Balaban J connectivity index is 1.57. The third kappa shape index (κ3) is 3.72. The molecule has 20 heavy (non-hydrogen) atoms. The molecule has 2 aromatic rings. The quantitative estimate of drug-likeness (QED) is 0.705. The SMILES string of the molecule is c1ccc(C[C@@H]2CCC[C@@H](Cc3ccccc3)C2)cc1. The molecule has 0 nitrogen and oxygen atoms in total. The van der Waals surface area contributed by atoms with Crippen molar-refractivity contribution >= 4 is 0 Å². The van der Waals surface area contributed by atoms with Crippen molar-refractivity contribution in [3.63, 3.8) is 0 Å². The van der Waals surface area contributed by atoms with Gasteiger partial charge in [0.1, 0.15) is 0 Å². The average Bonchev–Trinajstić information content (AvgIpc) is 2.50. The monoisotopic (exact) mass is 264 g/mol. The summed E-state index contributed by atoms with van der Waals surface area (Å²) in [5, 5.41) is 0. The van der Waals surface area contributed by atoms with Crippen LogP contribution in [0.3, 0.4) is 0 Å². The van der Waals surface area contributed by atoms with Gasteiger partial charge in [-0.15, -0.1) is 0 Å². The minimum atomic E-state index is 0.889. The van der Waals surface area contributed by atoms with Crippen LogP contribution < -0.4 is 0 Å². The van der Waals surface area contributed by atoms with Gasteiger partial charge in [-0.25, -0.2) is 0 Å². The molecule has 0 heterocycles. The Morgan fingerprint density at radius 1 is 0.650 bits per heavy atom. The maximum Gasteiger partial charge on any atom is -0.0250 e. The molecule has 104 valence electrons. The fourth-order valence-electron chi connectivity index (χ4n) is 3.67. The van der Waals surface area contributed by atoms with Crippen LogP contribution in [0.25, 0.3) is 0 Å². The topological polar surface area (TPSA) is 0 Å². The first-order valence-corrected chi connectivity index (χ1v) is 7.98. The molecule has 0 radical (unpaired) electrons. The molecule has 2 atom stereocenters. The van der Waals surface area contributed by atoms with Crippen LogP contribution in [0.15, 0.2) is 60.7 Å². The minimum Gasteiger partial charge on any atom is -0.0622 e. The van der Waals surface area contributed by atoms with Gasteiger partial charge in [0.25, 0.3) is 0 Å². The maximum absolute atomic E-state index is 2.28. The van der Waals surface area contributed by atoms with Crippen molar-refractivity contribution in [3.8, 4) is 0 Å². The van der Waals surface area contributed by atoms with E-state index < -0.39 is 0 Å². The highest BCUT2D eigenvalue weighted by molar-refractivity contribution is 5.17. The second-order valence-corrected chi connectivity index (χ2v) is 6.28. The fraction of sp³-hybridized carbons (Fsp3) is 0.400. The van der Waals surface area contributed by atoms with E-state index in [4.69, 9.17) is 0 Å². The van der Waals surface area contributed by atoms with Crippen LogP contribution in [0.2, 0.25) is 0 Å². The lowest BCUT2D eigenvalue weighted by atomic mass is 9.76. The summed E-state index contributed by atoms with van der Waals surface area (Å²) < 4.78 is 0. The summed E-state index contributed by atoms with van der Waals surface area (Å²) >= 11 is 0. The number of hydrogen-bond donors (Lipinski definition) is 0. The van der Waals surface area contributed by atoms with Crippen LogP contribution in [0.5, 0.6) is 0 Å². The van der Waals surface area contributed by atoms with Crippen LogP contribution in [-0.4, -0.2) is 0 Å². The molecule has 1 aliphatic rings. The Kier molecular flexibility index (Phi) is 4.53. The van der Waals surface area contributed by atoms with Crippen LogP contribution in [0.1, 0.15) is 36.8 Å². The van der Waals surface area contributed by atoms with E-state index in [0.717, 1.165) is 11.8 Å². The van der Waals surface area contributed by atoms with Crippen LogP contribution in [-0.2, 0) is 12.8 Å². The first-order valence-electron chi connectivity index (χ1n) is 7.98. The van der Waals surface area contributed by atoms with Gasteiger partial charge in [-0.2, -0.15) is 0 Å². The molecule has 1 fully saturated rings. The lowest BCUT2D eigenvalue weighted by Gasteiger charge is -2.29. The highest BCUT2D eigenvalue weighted by Gasteiger charge is 2.22. The van der Waals surface area contributed by atoms with E-state index in [-0.39, 0.29) is 0 Å².